The summed E-state index contributed by atoms with van der Waals surface area (Å²) in [5, 5.41) is 0. The van der Waals surface area contributed by atoms with Gasteiger partial charge in [-0.25, -0.2) is 0 Å². The van der Waals surface area contributed by atoms with Gasteiger partial charge in [0.15, 0.2) is 5.78 Å². The van der Waals surface area contributed by atoms with Crippen LogP contribution in [0.3, 0.4) is 0 Å². The van der Waals surface area contributed by atoms with Crippen molar-refractivity contribution in [3.05, 3.63) is 11.8 Å². The summed E-state index contributed by atoms with van der Waals surface area (Å²) >= 11 is 0. The van der Waals surface area contributed by atoms with Crippen LogP contribution in [0.25, 0.3) is 0 Å². The summed E-state index contributed by atoms with van der Waals surface area (Å²) < 4.78 is 4.90. The highest BCUT2D eigenvalue weighted by atomic mass is 16.5. The summed E-state index contributed by atoms with van der Waals surface area (Å²) in [5.41, 5.74) is 0. The normalized spacial score (nSPS) is 16.3. The van der Waals surface area contributed by atoms with Crippen LogP contribution in [0.2, 0.25) is 0 Å². The van der Waals surface area contributed by atoms with Crippen molar-refractivity contribution in [2.24, 2.45) is 0 Å². The Balaban J connectivity index is 0.000000461. The van der Waals surface area contributed by atoms with Crippen LogP contribution in [-0.2, 0) is 9.53 Å². The number of ether oxygens (including phenoxy) is 1. The van der Waals surface area contributed by atoms with Gasteiger partial charge in [0.2, 0.25) is 0 Å². The zero-order chi connectivity index (χ0) is 8.69. The molecule has 1 aliphatic rings. The summed E-state index contributed by atoms with van der Waals surface area (Å²) in [4.78, 5) is 10.7. The second-order valence-electron chi connectivity index (χ2n) is 2.13. The van der Waals surface area contributed by atoms with Gasteiger partial charge < -0.3 is 4.74 Å². The van der Waals surface area contributed by atoms with E-state index in [1.54, 1.807) is 13.2 Å². The average molecular weight is 156 g/mol. The molecule has 0 N–H and O–H groups in total. The molecule has 0 unspecified atom stereocenters. The van der Waals surface area contributed by atoms with Crippen LogP contribution in [0.4, 0.5) is 0 Å². The first-order chi connectivity index (χ1) is 5.33. The van der Waals surface area contributed by atoms with E-state index in [2.05, 4.69) is 0 Å². The number of hydrogen-bond donors (Lipinski definition) is 0. The van der Waals surface area contributed by atoms with E-state index in [1.165, 1.54) is 0 Å². The van der Waals surface area contributed by atoms with Crippen LogP contribution in [-0.4, -0.2) is 12.9 Å². The maximum absolute atomic E-state index is 10.7. The molecular weight excluding hydrogens is 140 g/mol. The molecular formula is C9H16O2. The molecule has 0 aromatic rings. The van der Waals surface area contributed by atoms with Gasteiger partial charge in [-0.1, -0.05) is 13.8 Å². The van der Waals surface area contributed by atoms with Crippen molar-refractivity contribution in [1.29, 1.82) is 0 Å². The number of methoxy groups -OCH3 is 1. The van der Waals surface area contributed by atoms with Crippen molar-refractivity contribution in [2.45, 2.75) is 33.1 Å². The Kier molecular flexibility index (Phi) is 5.53. The maximum atomic E-state index is 10.7. The van der Waals surface area contributed by atoms with Crippen LogP contribution in [0.15, 0.2) is 11.8 Å². The lowest BCUT2D eigenvalue weighted by Crippen LogP contribution is -2.03. The van der Waals surface area contributed by atoms with Gasteiger partial charge in [0, 0.05) is 18.9 Å². The number of ketones is 1. The van der Waals surface area contributed by atoms with E-state index in [-0.39, 0.29) is 5.78 Å². The summed E-state index contributed by atoms with van der Waals surface area (Å²) in [5.74, 6) is 1.02. The zero-order valence-electron chi connectivity index (χ0n) is 7.52. The minimum atomic E-state index is 0.193. The second kappa shape index (κ2) is 5.96. The molecule has 1 rings (SSSR count). The van der Waals surface area contributed by atoms with E-state index in [0.29, 0.717) is 6.42 Å². The molecule has 0 bridgehead atoms. The highest BCUT2D eigenvalue weighted by Gasteiger charge is 2.08. The molecule has 0 radical (unpaired) electrons. The van der Waals surface area contributed by atoms with Crippen molar-refractivity contribution >= 4 is 5.78 Å². The largest absolute Gasteiger partial charge is 0.501 e. The molecule has 64 valence electrons. The predicted octanol–water partition coefficient (Wildman–Crippen LogP) is 2.30. The second-order valence-corrected chi connectivity index (χ2v) is 2.13. The lowest BCUT2D eigenvalue weighted by atomic mass is 10.1. The Morgan fingerprint density at radius 2 is 2.00 bits per heavy atom. The third-order valence-corrected chi connectivity index (χ3v) is 1.43. The smallest absolute Gasteiger partial charge is 0.159 e. The topological polar surface area (TPSA) is 26.3 Å². The fourth-order valence-corrected chi connectivity index (χ4v) is 0.922. The number of carbonyl (C=O) groups excluding carboxylic acids is 1. The molecule has 11 heavy (non-hydrogen) atoms. The molecule has 0 aliphatic heterocycles. The lowest BCUT2D eigenvalue weighted by molar-refractivity contribution is -0.115. The van der Waals surface area contributed by atoms with Gasteiger partial charge in [-0.3, -0.25) is 4.79 Å². The van der Waals surface area contributed by atoms with Gasteiger partial charge in [0.05, 0.1) is 12.9 Å². The van der Waals surface area contributed by atoms with E-state index in [1.807, 2.05) is 13.8 Å². The minimum absolute atomic E-state index is 0.193. The number of allylic oxidation sites excluding steroid dienone is 2. The molecule has 0 heterocycles. The Morgan fingerprint density at radius 1 is 1.36 bits per heavy atom. The summed E-state index contributed by atoms with van der Waals surface area (Å²) in [7, 11) is 1.60. The lowest BCUT2D eigenvalue weighted by Gasteiger charge is -2.08. The van der Waals surface area contributed by atoms with Crippen molar-refractivity contribution in [3.63, 3.8) is 0 Å². The SMILES string of the molecule is CC.COC1=CC(=O)CCC1. The Hall–Kier alpha value is -0.790. The third-order valence-electron chi connectivity index (χ3n) is 1.43. The molecule has 0 aromatic carbocycles. The fraction of sp³-hybridized carbons (Fsp3) is 0.667. The van der Waals surface area contributed by atoms with Gasteiger partial charge in [-0.05, 0) is 6.42 Å². The number of carbonyl (C=O) groups is 1. The Morgan fingerprint density at radius 3 is 2.36 bits per heavy atom. The molecule has 1 aliphatic carbocycles. The summed E-state index contributed by atoms with van der Waals surface area (Å²) in [6.45, 7) is 4.00. The monoisotopic (exact) mass is 156 g/mol. The molecule has 0 spiro atoms. The molecule has 0 amide bonds. The molecule has 2 nitrogen and oxygen atoms in total. The molecule has 0 saturated carbocycles. The molecule has 0 atom stereocenters. The number of hydrogen-bond acceptors (Lipinski definition) is 2. The van der Waals surface area contributed by atoms with Crippen LogP contribution in [0.5, 0.6) is 0 Å². The summed E-state index contributed by atoms with van der Waals surface area (Å²) in [6.07, 6.45) is 4.14. The van der Waals surface area contributed by atoms with E-state index >= 15 is 0 Å². The fourth-order valence-electron chi connectivity index (χ4n) is 0.922. The van der Waals surface area contributed by atoms with Crippen LogP contribution < -0.4 is 0 Å². The average Bonchev–Trinajstić information content (AvgIpc) is 2.08. The predicted molar refractivity (Wildman–Crippen MR) is 45.3 cm³/mol. The quantitative estimate of drug-likeness (QED) is 0.582. The van der Waals surface area contributed by atoms with Crippen molar-refractivity contribution < 1.29 is 9.53 Å². The van der Waals surface area contributed by atoms with Crippen LogP contribution in [0, 0.1) is 0 Å². The Bertz CT molecular complexity index is 148. The highest BCUT2D eigenvalue weighted by Crippen LogP contribution is 2.14. The third kappa shape index (κ3) is 3.81. The van der Waals surface area contributed by atoms with Crippen molar-refractivity contribution in [3.8, 4) is 0 Å². The van der Waals surface area contributed by atoms with Crippen molar-refractivity contribution in [1.82, 2.24) is 0 Å². The first-order valence-electron chi connectivity index (χ1n) is 4.10. The van der Waals surface area contributed by atoms with E-state index in [9.17, 15) is 4.79 Å². The standard InChI is InChI=1S/C7H10O2.C2H6/c1-9-7-4-2-3-6(8)5-7;1-2/h5H,2-4H2,1H3;1-2H3. The van der Waals surface area contributed by atoms with Crippen LogP contribution >= 0.6 is 0 Å². The van der Waals surface area contributed by atoms with Gasteiger partial charge in [-0.2, -0.15) is 0 Å². The Labute approximate surface area is 68.2 Å². The molecule has 2 heteroatoms. The van der Waals surface area contributed by atoms with E-state index in [0.717, 1.165) is 18.6 Å². The first-order valence-corrected chi connectivity index (χ1v) is 4.10. The van der Waals surface area contributed by atoms with Crippen molar-refractivity contribution in [2.75, 3.05) is 7.11 Å². The van der Waals surface area contributed by atoms with Crippen LogP contribution in [0.1, 0.15) is 33.1 Å². The number of rotatable bonds is 1. The minimum Gasteiger partial charge on any atom is -0.501 e. The summed E-state index contributed by atoms with van der Waals surface area (Å²) in [6, 6.07) is 0. The van der Waals surface area contributed by atoms with Gasteiger partial charge >= 0.3 is 0 Å². The molecule has 0 aromatic heterocycles. The molecule has 0 saturated heterocycles. The zero-order valence-corrected chi connectivity index (χ0v) is 7.52. The first kappa shape index (κ1) is 10.2. The van der Waals surface area contributed by atoms with E-state index < -0.39 is 0 Å². The molecule has 0 fully saturated rings. The van der Waals surface area contributed by atoms with Gasteiger partial charge in [0.1, 0.15) is 0 Å². The van der Waals surface area contributed by atoms with Gasteiger partial charge in [0.25, 0.3) is 0 Å². The van der Waals surface area contributed by atoms with E-state index in [4.69, 9.17) is 4.74 Å². The highest BCUT2D eigenvalue weighted by molar-refractivity contribution is 5.90. The van der Waals surface area contributed by atoms with Gasteiger partial charge in [-0.15, -0.1) is 0 Å². The maximum Gasteiger partial charge on any atom is 0.159 e.